The monoisotopic (exact) mass is 301 g/mol. The van der Waals surface area contributed by atoms with Crippen molar-refractivity contribution in [3.63, 3.8) is 0 Å². The standard InChI is InChI=1S/C11H15N3O7/c1-21-9(17)3-2-6(10(18)19)13-7(15)5-14-8(16)4-12-11(14)20/h6H,2-5H2,1H3,(H,12,20)(H,13,15)(H,18,19)/t6-/m1/s1. The average Bonchev–Trinajstić information content (AvgIpc) is 2.74. The number of carboxylic acid groups (broad SMARTS) is 1. The lowest BCUT2D eigenvalue weighted by atomic mass is 10.1. The Hall–Kier alpha value is -2.65. The maximum absolute atomic E-state index is 11.7. The third kappa shape index (κ3) is 4.75. The van der Waals surface area contributed by atoms with Crippen LogP contribution in [0.25, 0.3) is 0 Å². The summed E-state index contributed by atoms with van der Waals surface area (Å²) >= 11 is 0. The highest BCUT2D eigenvalue weighted by Crippen LogP contribution is 2.02. The van der Waals surface area contributed by atoms with Crippen LogP contribution in [0.3, 0.4) is 0 Å². The lowest BCUT2D eigenvalue weighted by Gasteiger charge is -2.16. The van der Waals surface area contributed by atoms with E-state index in [1.165, 1.54) is 0 Å². The molecule has 0 aromatic rings. The highest BCUT2D eigenvalue weighted by atomic mass is 16.5. The van der Waals surface area contributed by atoms with Crippen molar-refractivity contribution in [1.29, 1.82) is 0 Å². The van der Waals surface area contributed by atoms with Crippen molar-refractivity contribution in [2.45, 2.75) is 18.9 Å². The molecule has 0 unspecified atom stereocenters. The van der Waals surface area contributed by atoms with Gasteiger partial charge >= 0.3 is 18.0 Å². The third-order valence-electron chi connectivity index (χ3n) is 2.74. The number of methoxy groups -OCH3 is 1. The fourth-order valence-electron chi connectivity index (χ4n) is 1.62. The van der Waals surface area contributed by atoms with Gasteiger partial charge in [0.25, 0.3) is 5.91 Å². The van der Waals surface area contributed by atoms with Gasteiger partial charge in [-0.1, -0.05) is 0 Å². The summed E-state index contributed by atoms with van der Waals surface area (Å²) in [6.45, 7) is -0.774. The first-order valence-corrected chi connectivity index (χ1v) is 6.02. The van der Waals surface area contributed by atoms with Crippen LogP contribution in [-0.2, 0) is 23.9 Å². The molecule has 4 amide bonds. The van der Waals surface area contributed by atoms with Crippen LogP contribution in [0.2, 0.25) is 0 Å². The van der Waals surface area contributed by atoms with E-state index < -0.39 is 42.4 Å². The summed E-state index contributed by atoms with van der Waals surface area (Å²) in [6, 6.07) is -2.02. The molecule has 1 heterocycles. The number of amides is 4. The van der Waals surface area contributed by atoms with Gasteiger partial charge in [0.05, 0.1) is 13.7 Å². The fourth-order valence-corrected chi connectivity index (χ4v) is 1.62. The van der Waals surface area contributed by atoms with Gasteiger partial charge in [-0.15, -0.1) is 0 Å². The number of aliphatic carboxylic acids is 1. The molecule has 0 aliphatic carbocycles. The average molecular weight is 301 g/mol. The predicted molar refractivity (Wildman–Crippen MR) is 65.9 cm³/mol. The number of carboxylic acids is 1. The summed E-state index contributed by atoms with van der Waals surface area (Å²) in [5, 5.41) is 13.3. The van der Waals surface area contributed by atoms with Gasteiger partial charge in [0.2, 0.25) is 5.91 Å². The van der Waals surface area contributed by atoms with Crippen molar-refractivity contribution in [1.82, 2.24) is 15.5 Å². The van der Waals surface area contributed by atoms with Crippen LogP contribution in [0.4, 0.5) is 4.79 Å². The summed E-state index contributed by atoms with van der Waals surface area (Å²) in [6.07, 6.45) is -0.342. The van der Waals surface area contributed by atoms with Crippen molar-refractivity contribution in [3.05, 3.63) is 0 Å². The van der Waals surface area contributed by atoms with Crippen LogP contribution in [-0.4, -0.2) is 66.0 Å². The van der Waals surface area contributed by atoms with Crippen LogP contribution in [0.15, 0.2) is 0 Å². The van der Waals surface area contributed by atoms with Gasteiger partial charge in [-0.2, -0.15) is 0 Å². The molecule has 21 heavy (non-hydrogen) atoms. The predicted octanol–water partition coefficient (Wildman–Crippen LogP) is -1.94. The molecule has 3 N–H and O–H groups in total. The molecule has 10 nitrogen and oxygen atoms in total. The van der Waals surface area contributed by atoms with E-state index in [0.29, 0.717) is 4.90 Å². The van der Waals surface area contributed by atoms with Crippen molar-refractivity contribution < 1.29 is 33.8 Å². The highest BCUT2D eigenvalue weighted by molar-refractivity contribution is 6.04. The first-order chi connectivity index (χ1) is 9.85. The number of imide groups is 1. The molecule has 0 aromatic carbocycles. The molecule has 0 spiro atoms. The zero-order chi connectivity index (χ0) is 16.0. The van der Waals surface area contributed by atoms with Gasteiger partial charge < -0.3 is 20.5 Å². The van der Waals surface area contributed by atoms with Crippen LogP contribution < -0.4 is 10.6 Å². The van der Waals surface area contributed by atoms with E-state index in [4.69, 9.17) is 5.11 Å². The Kier molecular flexibility index (Phi) is 5.64. The van der Waals surface area contributed by atoms with Crippen LogP contribution in [0.1, 0.15) is 12.8 Å². The van der Waals surface area contributed by atoms with Gasteiger partial charge in [-0.3, -0.25) is 19.3 Å². The zero-order valence-corrected chi connectivity index (χ0v) is 11.2. The maximum atomic E-state index is 11.7. The molecule has 116 valence electrons. The number of nitrogens with zero attached hydrogens (tertiary/aromatic N) is 1. The normalized spacial score (nSPS) is 15.4. The van der Waals surface area contributed by atoms with Gasteiger partial charge in [-0.25, -0.2) is 9.59 Å². The van der Waals surface area contributed by atoms with Crippen molar-refractivity contribution in [3.8, 4) is 0 Å². The van der Waals surface area contributed by atoms with Crippen LogP contribution in [0.5, 0.6) is 0 Å². The van der Waals surface area contributed by atoms with Crippen molar-refractivity contribution in [2.75, 3.05) is 20.2 Å². The molecule has 10 heteroatoms. The second kappa shape index (κ2) is 7.22. The number of carbonyl (C=O) groups excluding carboxylic acids is 4. The smallest absolute Gasteiger partial charge is 0.326 e. The first kappa shape index (κ1) is 16.4. The maximum Gasteiger partial charge on any atom is 0.326 e. The highest BCUT2D eigenvalue weighted by Gasteiger charge is 2.31. The minimum absolute atomic E-state index is 0.159. The van der Waals surface area contributed by atoms with Crippen molar-refractivity contribution >= 4 is 29.8 Å². The summed E-state index contributed by atoms with van der Waals surface area (Å²) in [5.74, 6) is -3.32. The Balaban J connectivity index is 2.52. The van der Waals surface area contributed by atoms with Crippen molar-refractivity contribution in [2.24, 2.45) is 0 Å². The van der Waals surface area contributed by atoms with Gasteiger partial charge in [0.1, 0.15) is 12.6 Å². The van der Waals surface area contributed by atoms with E-state index in [1.54, 1.807) is 0 Å². The van der Waals surface area contributed by atoms with Crippen LogP contribution >= 0.6 is 0 Å². The number of urea groups is 1. The quantitative estimate of drug-likeness (QED) is 0.367. The molecule has 0 saturated carbocycles. The topological polar surface area (TPSA) is 142 Å². The number of carbonyl (C=O) groups is 5. The second-order valence-corrected chi connectivity index (χ2v) is 4.21. The Morgan fingerprint density at radius 3 is 2.57 bits per heavy atom. The fraction of sp³-hybridized carbons (Fsp3) is 0.545. The largest absolute Gasteiger partial charge is 0.480 e. The lowest BCUT2D eigenvalue weighted by molar-refractivity contribution is -0.144. The number of esters is 1. The molecule has 0 bridgehead atoms. The van der Waals surface area contributed by atoms with E-state index in [-0.39, 0.29) is 19.4 Å². The molecular weight excluding hydrogens is 286 g/mol. The first-order valence-electron chi connectivity index (χ1n) is 6.02. The number of hydrogen-bond acceptors (Lipinski definition) is 6. The molecule has 1 atom stereocenters. The summed E-state index contributed by atoms with van der Waals surface area (Å²) in [4.78, 5) is 56.8. The summed E-state index contributed by atoms with van der Waals surface area (Å²) in [5.41, 5.74) is 0. The van der Waals surface area contributed by atoms with Crippen LogP contribution in [0, 0.1) is 0 Å². The van der Waals surface area contributed by atoms with E-state index in [2.05, 4.69) is 15.4 Å². The molecule has 0 radical (unpaired) electrons. The SMILES string of the molecule is COC(=O)CC[C@@H](NC(=O)CN1C(=O)CNC1=O)C(=O)O. The number of hydrogen-bond donors (Lipinski definition) is 3. The molecule has 1 aliphatic rings. The van der Waals surface area contributed by atoms with Gasteiger partial charge in [-0.05, 0) is 6.42 Å². The third-order valence-corrected chi connectivity index (χ3v) is 2.74. The Bertz CT molecular complexity index is 460. The van der Waals surface area contributed by atoms with E-state index in [0.717, 1.165) is 7.11 Å². The minimum atomic E-state index is -1.33. The molecule has 1 saturated heterocycles. The molecular formula is C11H15N3O7. The zero-order valence-electron chi connectivity index (χ0n) is 11.2. The molecule has 1 aliphatic heterocycles. The second-order valence-electron chi connectivity index (χ2n) is 4.21. The number of ether oxygens (including phenoxy) is 1. The summed E-state index contributed by atoms with van der Waals surface area (Å²) < 4.78 is 4.37. The summed E-state index contributed by atoms with van der Waals surface area (Å²) in [7, 11) is 1.16. The van der Waals surface area contributed by atoms with Gasteiger partial charge in [0.15, 0.2) is 0 Å². The lowest BCUT2D eigenvalue weighted by Crippen LogP contribution is -2.47. The Morgan fingerprint density at radius 1 is 1.43 bits per heavy atom. The molecule has 1 fully saturated rings. The van der Waals surface area contributed by atoms with E-state index >= 15 is 0 Å². The molecule has 1 rings (SSSR count). The number of nitrogens with one attached hydrogen (secondary N) is 2. The Labute approximate surface area is 119 Å². The minimum Gasteiger partial charge on any atom is -0.480 e. The molecule has 0 aromatic heterocycles. The number of rotatable bonds is 7. The van der Waals surface area contributed by atoms with Gasteiger partial charge in [0, 0.05) is 6.42 Å². The Morgan fingerprint density at radius 2 is 2.10 bits per heavy atom. The van der Waals surface area contributed by atoms with E-state index in [9.17, 15) is 24.0 Å². The van der Waals surface area contributed by atoms with E-state index in [1.807, 2.05) is 0 Å².